The Bertz CT molecular complexity index is 365. The minimum atomic E-state index is 0.429. The predicted octanol–water partition coefficient (Wildman–Crippen LogP) is 2.31. The molecule has 1 aromatic carbocycles. The van der Waals surface area contributed by atoms with Gasteiger partial charge in [-0.15, -0.1) is 0 Å². The largest absolute Gasteiger partial charge is 0.380 e. The summed E-state index contributed by atoms with van der Waals surface area (Å²) in [6.45, 7) is 0. The number of rotatable bonds is 3. The second-order valence-corrected chi connectivity index (χ2v) is 5.35. The fourth-order valence-electron chi connectivity index (χ4n) is 3.38. The van der Waals surface area contributed by atoms with Crippen molar-refractivity contribution < 1.29 is 4.74 Å². The van der Waals surface area contributed by atoms with E-state index in [0.29, 0.717) is 18.2 Å². The van der Waals surface area contributed by atoms with Gasteiger partial charge in [-0.1, -0.05) is 24.3 Å². The van der Waals surface area contributed by atoms with Crippen LogP contribution >= 0.6 is 0 Å². The minimum Gasteiger partial charge on any atom is -0.380 e. The number of hydrogen-bond acceptors (Lipinski definition) is 2. The summed E-state index contributed by atoms with van der Waals surface area (Å²) in [6, 6.07) is 10.0. The van der Waals surface area contributed by atoms with Gasteiger partial charge in [-0.05, 0) is 43.2 Å². The summed E-state index contributed by atoms with van der Waals surface area (Å²) in [7, 11) is 1.84. The van der Waals surface area contributed by atoms with Gasteiger partial charge < -0.3 is 10.1 Å². The van der Waals surface area contributed by atoms with E-state index in [2.05, 4.69) is 29.6 Å². The fraction of sp³-hybridized carbons (Fsp3) is 0.600. The predicted molar refractivity (Wildman–Crippen MR) is 69.2 cm³/mol. The molecule has 2 aliphatic rings. The molecule has 0 spiro atoms. The summed E-state index contributed by atoms with van der Waals surface area (Å²) in [5, 5.41) is 3.80. The Balaban J connectivity index is 1.62. The lowest BCUT2D eigenvalue weighted by atomic mass is 10.1. The third-order valence-corrected chi connectivity index (χ3v) is 4.26. The van der Waals surface area contributed by atoms with Gasteiger partial charge in [0.15, 0.2) is 0 Å². The van der Waals surface area contributed by atoms with Gasteiger partial charge in [0.1, 0.15) is 0 Å². The molecule has 1 fully saturated rings. The lowest BCUT2D eigenvalue weighted by Gasteiger charge is -2.23. The van der Waals surface area contributed by atoms with Crippen molar-refractivity contribution in [3.8, 4) is 0 Å². The van der Waals surface area contributed by atoms with E-state index in [4.69, 9.17) is 4.74 Å². The highest BCUT2D eigenvalue weighted by atomic mass is 16.5. The molecule has 0 aromatic heterocycles. The first-order valence-corrected chi connectivity index (χ1v) is 6.72. The third kappa shape index (κ3) is 2.24. The quantitative estimate of drug-likeness (QED) is 0.862. The van der Waals surface area contributed by atoms with Crippen molar-refractivity contribution in [3.05, 3.63) is 35.4 Å². The van der Waals surface area contributed by atoms with Crippen LogP contribution in [0.25, 0.3) is 0 Å². The molecule has 2 unspecified atom stereocenters. The van der Waals surface area contributed by atoms with E-state index in [9.17, 15) is 0 Å². The number of ether oxygens (including phenoxy) is 1. The molecule has 1 aromatic rings. The Morgan fingerprint density at radius 3 is 2.47 bits per heavy atom. The average molecular weight is 231 g/mol. The van der Waals surface area contributed by atoms with Gasteiger partial charge in [0.05, 0.1) is 6.10 Å². The van der Waals surface area contributed by atoms with Crippen LogP contribution in [0.15, 0.2) is 24.3 Å². The van der Waals surface area contributed by atoms with Crippen LogP contribution in [0.5, 0.6) is 0 Å². The Hall–Kier alpha value is -0.860. The number of fused-ring (bicyclic) bond motifs is 1. The second kappa shape index (κ2) is 4.79. The smallest absolute Gasteiger partial charge is 0.0724 e. The summed E-state index contributed by atoms with van der Waals surface area (Å²) in [5.41, 5.74) is 3.05. The van der Waals surface area contributed by atoms with Gasteiger partial charge in [-0.25, -0.2) is 0 Å². The zero-order valence-electron chi connectivity index (χ0n) is 10.5. The zero-order chi connectivity index (χ0) is 11.7. The number of benzene rings is 1. The summed E-state index contributed by atoms with van der Waals surface area (Å²) >= 11 is 0. The van der Waals surface area contributed by atoms with E-state index in [1.807, 2.05) is 7.11 Å². The first kappa shape index (κ1) is 11.2. The summed E-state index contributed by atoms with van der Waals surface area (Å²) < 4.78 is 5.55. The van der Waals surface area contributed by atoms with Gasteiger partial charge >= 0.3 is 0 Å². The molecule has 2 nitrogen and oxygen atoms in total. The summed E-state index contributed by atoms with van der Waals surface area (Å²) in [5.74, 6) is 0. The van der Waals surface area contributed by atoms with Crippen LogP contribution in [0.1, 0.15) is 30.4 Å². The first-order chi connectivity index (χ1) is 8.36. The Labute approximate surface area is 103 Å². The van der Waals surface area contributed by atoms with Crippen molar-refractivity contribution in [2.45, 2.75) is 50.3 Å². The number of hydrogen-bond donors (Lipinski definition) is 1. The molecule has 2 aliphatic carbocycles. The normalized spacial score (nSPS) is 28.5. The lowest BCUT2D eigenvalue weighted by Crippen LogP contribution is -2.43. The average Bonchev–Trinajstić information content (AvgIpc) is 2.94. The van der Waals surface area contributed by atoms with Gasteiger partial charge in [0.25, 0.3) is 0 Å². The van der Waals surface area contributed by atoms with Gasteiger partial charge in [-0.2, -0.15) is 0 Å². The highest BCUT2D eigenvalue weighted by molar-refractivity contribution is 5.33. The molecule has 2 atom stereocenters. The van der Waals surface area contributed by atoms with Gasteiger partial charge in [0.2, 0.25) is 0 Å². The molecule has 2 heteroatoms. The SMILES string of the molecule is COC1CCCC1NC1Cc2ccccc2C1. The minimum absolute atomic E-state index is 0.429. The fourth-order valence-corrected chi connectivity index (χ4v) is 3.38. The third-order valence-electron chi connectivity index (χ3n) is 4.26. The molecule has 0 amide bonds. The first-order valence-electron chi connectivity index (χ1n) is 6.72. The highest BCUT2D eigenvalue weighted by Crippen LogP contribution is 2.26. The van der Waals surface area contributed by atoms with Gasteiger partial charge in [0, 0.05) is 19.2 Å². The molecular weight excluding hydrogens is 210 g/mol. The molecule has 1 saturated carbocycles. The zero-order valence-corrected chi connectivity index (χ0v) is 10.5. The topological polar surface area (TPSA) is 21.3 Å². The molecule has 0 aliphatic heterocycles. The van der Waals surface area contributed by atoms with Crippen LogP contribution < -0.4 is 5.32 Å². The van der Waals surface area contributed by atoms with Crippen LogP contribution in [0, 0.1) is 0 Å². The summed E-state index contributed by atoms with van der Waals surface area (Å²) in [6.07, 6.45) is 6.58. The van der Waals surface area contributed by atoms with Crippen LogP contribution in [-0.2, 0) is 17.6 Å². The van der Waals surface area contributed by atoms with Crippen LogP contribution in [0.4, 0.5) is 0 Å². The maximum atomic E-state index is 5.55. The van der Waals surface area contributed by atoms with E-state index in [0.717, 1.165) is 0 Å². The van der Waals surface area contributed by atoms with Crippen molar-refractivity contribution in [1.29, 1.82) is 0 Å². The van der Waals surface area contributed by atoms with Crippen LogP contribution in [-0.4, -0.2) is 25.3 Å². The number of methoxy groups -OCH3 is 1. The van der Waals surface area contributed by atoms with E-state index < -0.39 is 0 Å². The maximum absolute atomic E-state index is 5.55. The standard InChI is InChI=1S/C15H21NO/c1-17-15-8-4-7-14(15)16-13-9-11-5-2-3-6-12(11)10-13/h2-3,5-6,13-16H,4,7-10H2,1H3. The monoisotopic (exact) mass is 231 g/mol. The van der Waals surface area contributed by atoms with E-state index in [-0.39, 0.29) is 0 Å². The molecule has 17 heavy (non-hydrogen) atoms. The van der Waals surface area contributed by atoms with Crippen LogP contribution in [0.2, 0.25) is 0 Å². The van der Waals surface area contributed by atoms with Gasteiger partial charge in [-0.3, -0.25) is 0 Å². The molecule has 3 rings (SSSR count). The molecule has 0 heterocycles. The molecule has 0 bridgehead atoms. The maximum Gasteiger partial charge on any atom is 0.0724 e. The molecular formula is C15H21NO. The molecule has 92 valence electrons. The Kier molecular flexibility index (Phi) is 3.17. The molecule has 1 N–H and O–H groups in total. The molecule has 0 saturated heterocycles. The highest BCUT2D eigenvalue weighted by Gasteiger charge is 2.30. The van der Waals surface area contributed by atoms with Crippen molar-refractivity contribution in [2.75, 3.05) is 7.11 Å². The summed E-state index contributed by atoms with van der Waals surface area (Å²) in [4.78, 5) is 0. The number of nitrogens with one attached hydrogen (secondary N) is 1. The van der Waals surface area contributed by atoms with E-state index in [1.165, 1.54) is 43.2 Å². The Morgan fingerprint density at radius 2 is 1.82 bits per heavy atom. The molecule has 0 radical (unpaired) electrons. The van der Waals surface area contributed by atoms with E-state index in [1.54, 1.807) is 0 Å². The van der Waals surface area contributed by atoms with E-state index >= 15 is 0 Å². The van der Waals surface area contributed by atoms with Crippen LogP contribution in [0.3, 0.4) is 0 Å². The van der Waals surface area contributed by atoms with Crippen molar-refractivity contribution in [3.63, 3.8) is 0 Å². The second-order valence-electron chi connectivity index (χ2n) is 5.35. The van der Waals surface area contributed by atoms with Crippen molar-refractivity contribution >= 4 is 0 Å². The van der Waals surface area contributed by atoms with Crippen molar-refractivity contribution in [1.82, 2.24) is 5.32 Å². The Morgan fingerprint density at radius 1 is 1.12 bits per heavy atom. The lowest BCUT2D eigenvalue weighted by molar-refractivity contribution is 0.0816. The van der Waals surface area contributed by atoms with Crippen molar-refractivity contribution in [2.24, 2.45) is 0 Å².